The van der Waals surface area contributed by atoms with Crippen LogP contribution in [0.5, 0.6) is 0 Å². The lowest BCUT2D eigenvalue weighted by atomic mass is 9.74. The number of piperazine rings is 1. The number of nitrogens with zero attached hydrogens (tertiary/aromatic N) is 3. The van der Waals surface area contributed by atoms with E-state index in [4.69, 9.17) is 4.74 Å². The molecule has 3 heterocycles. The SMILES string of the molecule is COC(=O)CN1C(=O)C2C(C3CC3)N3C(=O)CN(Cc4ccc(-c5ccccc5)cc4)C(=O)[C@@]3(Cc3ccccc3)C2C1=O. The van der Waals surface area contributed by atoms with Crippen LogP contribution in [0.2, 0.25) is 0 Å². The molecule has 4 amide bonds. The number of carbonyl (C=O) groups is 5. The molecule has 1 aliphatic carbocycles. The van der Waals surface area contributed by atoms with Crippen LogP contribution in [0.3, 0.4) is 0 Å². The average Bonchev–Trinajstić information content (AvgIpc) is 3.80. The molecule has 0 aromatic heterocycles. The van der Waals surface area contributed by atoms with Crippen molar-refractivity contribution in [1.82, 2.24) is 14.7 Å². The van der Waals surface area contributed by atoms with Gasteiger partial charge < -0.3 is 14.5 Å². The Morgan fingerprint density at radius 1 is 0.818 bits per heavy atom. The highest BCUT2D eigenvalue weighted by Crippen LogP contribution is 2.57. The molecule has 0 radical (unpaired) electrons. The van der Waals surface area contributed by atoms with Gasteiger partial charge in [-0.2, -0.15) is 0 Å². The average molecular weight is 592 g/mol. The van der Waals surface area contributed by atoms with E-state index < -0.39 is 47.7 Å². The van der Waals surface area contributed by atoms with Crippen LogP contribution in [0, 0.1) is 17.8 Å². The lowest BCUT2D eigenvalue weighted by molar-refractivity contribution is -0.170. The topological polar surface area (TPSA) is 104 Å². The van der Waals surface area contributed by atoms with Gasteiger partial charge in [-0.15, -0.1) is 0 Å². The van der Waals surface area contributed by atoms with Gasteiger partial charge >= 0.3 is 5.97 Å². The zero-order valence-corrected chi connectivity index (χ0v) is 24.4. The van der Waals surface area contributed by atoms with Crippen molar-refractivity contribution in [2.75, 3.05) is 20.2 Å². The van der Waals surface area contributed by atoms with Gasteiger partial charge in [0.15, 0.2) is 0 Å². The van der Waals surface area contributed by atoms with Gasteiger partial charge in [0.25, 0.3) is 5.91 Å². The minimum Gasteiger partial charge on any atom is -0.468 e. The smallest absolute Gasteiger partial charge is 0.325 e. The number of rotatable bonds is 8. The van der Waals surface area contributed by atoms with Crippen molar-refractivity contribution in [2.24, 2.45) is 17.8 Å². The summed E-state index contributed by atoms with van der Waals surface area (Å²) in [4.78, 5) is 73.5. The Hall–Kier alpha value is -4.79. The first-order valence-electron chi connectivity index (χ1n) is 15.1. The maximum Gasteiger partial charge on any atom is 0.325 e. The molecule has 3 unspecified atom stereocenters. The predicted octanol–water partition coefficient (Wildman–Crippen LogP) is 3.07. The number of benzene rings is 3. The summed E-state index contributed by atoms with van der Waals surface area (Å²) < 4.78 is 4.78. The molecule has 9 heteroatoms. The first-order chi connectivity index (χ1) is 21.3. The number of hydrogen-bond acceptors (Lipinski definition) is 6. The summed E-state index contributed by atoms with van der Waals surface area (Å²) >= 11 is 0. The molecule has 0 N–H and O–H groups in total. The van der Waals surface area contributed by atoms with Gasteiger partial charge in [-0.3, -0.25) is 28.9 Å². The lowest BCUT2D eigenvalue weighted by Gasteiger charge is -2.49. The number of ether oxygens (including phenoxy) is 1. The standard InChI is InChI=1S/C35H33N3O6/c1-44-28(40)21-37-32(41)29-30(33(37)42)35(18-22-8-4-2-5-9-22)34(43)36(20-27(39)38(35)31(29)26-16-17-26)19-23-12-14-25(15-13-23)24-10-6-3-7-11-24/h2-15,26,29-31H,16-21H2,1H3/t29?,30?,31?,35-/m1/s1. The Labute approximate surface area is 255 Å². The van der Waals surface area contributed by atoms with Crippen molar-refractivity contribution in [3.8, 4) is 11.1 Å². The number of amides is 4. The monoisotopic (exact) mass is 591 g/mol. The maximum atomic E-state index is 14.9. The highest BCUT2D eigenvalue weighted by Gasteiger charge is 2.76. The van der Waals surface area contributed by atoms with Gasteiger partial charge in [0.2, 0.25) is 17.7 Å². The molecule has 7 rings (SSSR count). The highest BCUT2D eigenvalue weighted by atomic mass is 16.5. The van der Waals surface area contributed by atoms with E-state index in [1.54, 1.807) is 4.90 Å². The Balaban J connectivity index is 1.29. The number of hydrogen-bond donors (Lipinski definition) is 0. The van der Waals surface area contributed by atoms with E-state index in [0.29, 0.717) is 0 Å². The van der Waals surface area contributed by atoms with E-state index in [0.717, 1.165) is 40.0 Å². The molecule has 3 aliphatic heterocycles. The maximum absolute atomic E-state index is 14.9. The second-order valence-corrected chi connectivity index (χ2v) is 12.2. The summed E-state index contributed by atoms with van der Waals surface area (Å²) in [5.41, 5.74) is 2.16. The molecule has 224 valence electrons. The quantitative estimate of drug-likeness (QED) is 0.295. The molecule has 3 aromatic rings. The third-order valence-electron chi connectivity index (χ3n) is 9.68. The Bertz CT molecular complexity index is 1640. The Morgan fingerprint density at radius 2 is 1.45 bits per heavy atom. The molecule has 3 aromatic carbocycles. The molecule has 3 saturated heterocycles. The van der Waals surface area contributed by atoms with E-state index in [9.17, 15) is 24.0 Å². The van der Waals surface area contributed by atoms with Crippen LogP contribution in [-0.4, -0.2) is 76.1 Å². The van der Waals surface area contributed by atoms with Crippen molar-refractivity contribution >= 4 is 29.6 Å². The van der Waals surface area contributed by atoms with Gasteiger partial charge in [0, 0.05) is 19.0 Å². The fraction of sp³-hybridized carbons (Fsp3) is 0.343. The fourth-order valence-electron chi connectivity index (χ4n) is 7.63. The zero-order chi connectivity index (χ0) is 30.6. The van der Waals surface area contributed by atoms with Crippen molar-refractivity contribution in [2.45, 2.75) is 37.4 Å². The zero-order valence-electron chi connectivity index (χ0n) is 24.4. The number of fused-ring (bicyclic) bond motifs is 3. The summed E-state index contributed by atoms with van der Waals surface area (Å²) in [6.07, 6.45) is 1.71. The molecule has 4 fully saturated rings. The van der Waals surface area contributed by atoms with Crippen LogP contribution in [0.15, 0.2) is 84.9 Å². The van der Waals surface area contributed by atoms with E-state index in [2.05, 4.69) is 0 Å². The van der Waals surface area contributed by atoms with E-state index in [1.165, 1.54) is 12.0 Å². The molecular formula is C35H33N3O6. The third kappa shape index (κ3) is 4.41. The largest absolute Gasteiger partial charge is 0.468 e. The molecule has 44 heavy (non-hydrogen) atoms. The minimum atomic E-state index is -1.59. The molecule has 1 saturated carbocycles. The normalized spacial score (nSPS) is 26.2. The summed E-state index contributed by atoms with van der Waals surface area (Å²) in [5, 5.41) is 0. The highest BCUT2D eigenvalue weighted by molar-refractivity contribution is 6.14. The fourth-order valence-corrected chi connectivity index (χ4v) is 7.63. The lowest BCUT2D eigenvalue weighted by Crippen LogP contribution is -2.71. The van der Waals surface area contributed by atoms with Gasteiger partial charge in [0.1, 0.15) is 18.6 Å². The van der Waals surface area contributed by atoms with Crippen molar-refractivity contribution in [3.05, 3.63) is 96.1 Å². The molecule has 9 nitrogen and oxygen atoms in total. The summed E-state index contributed by atoms with van der Waals surface area (Å²) in [7, 11) is 1.20. The second-order valence-electron chi connectivity index (χ2n) is 12.2. The van der Waals surface area contributed by atoms with Crippen LogP contribution in [0.4, 0.5) is 0 Å². The van der Waals surface area contributed by atoms with Crippen LogP contribution in [0.1, 0.15) is 24.0 Å². The molecule has 0 spiro atoms. The molecular weight excluding hydrogens is 558 g/mol. The first-order valence-corrected chi connectivity index (χ1v) is 15.1. The van der Waals surface area contributed by atoms with Crippen LogP contribution < -0.4 is 0 Å². The second kappa shape index (κ2) is 10.7. The number of likely N-dealkylation sites (tertiary alicyclic amines) is 1. The third-order valence-corrected chi connectivity index (χ3v) is 9.68. The Morgan fingerprint density at radius 3 is 2.09 bits per heavy atom. The first kappa shape index (κ1) is 28.0. The number of methoxy groups -OCH3 is 1. The van der Waals surface area contributed by atoms with E-state index >= 15 is 0 Å². The summed E-state index contributed by atoms with van der Waals surface area (Å²) in [5.74, 6) is -4.37. The van der Waals surface area contributed by atoms with E-state index in [1.807, 2.05) is 84.9 Å². The van der Waals surface area contributed by atoms with Gasteiger partial charge in [-0.25, -0.2) is 0 Å². The minimum absolute atomic E-state index is 0.0174. The Kier molecular flexibility index (Phi) is 6.83. The van der Waals surface area contributed by atoms with Crippen LogP contribution in [0.25, 0.3) is 11.1 Å². The van der Waals surface area contributed by atoms with Crippen molar-refractivity contribution < 1.29 is 28.7 Å². The number of carbonyl (C=O) groups excluding carboxylic acids is 5. The molecule has 4 atom stereocenters. The van der Waals surface area contributed by atoms with Crippen LogP contribution >= 0.6 is 0 Å². The number of esters is 1. The summed E-state index contributed by atoms with van der Waals surface area (Å²) in [6, 6.07) is 26.6. The molecule has 0 bridgehead atoms. The van der Waals surface area contributed by atoms with Gasteiger partial charge in [-0.05, 0) is 41.0 Å². The van der Waals surface area contributed by atoms with Gasteiger partial charge in [-0.1, -0.05) is 84.9 Å². The predicted molar refractivity (Wildman–Crippen MR) is 159 cm³/mol. The van der Waals surface area contributed by atoms with E-state index in [-0.39, 0.29) is 37.2 Å². The van der Waals surface area contributed by atoms with Crippen LogP contribution in [-0.2, 0) is 41.7 Å². The van der Waals surface area contributed by atoms with Crippen molar-refractivity contribution in [3.63, 3.8) is 0 Å². The van der Waals surface area contributed by atoms with Gasteiger partial charge in [0.05, 0.1) is 18.9 Å². The number of imide groups is 1. The summed E-state index contributed by atoms with van der Waals surface area (Å²) in [6.45, 7) is -0.462. The van der Waals surface area contributed by atoms with Crippen molar-refractivity contribution in [1.29, 1.82) is 0 Å². The molecule has 4 aliphatic rings.